The molecule has 11 heteroatoms. The molecule has 2 aliphatic rings. The normalized spacial score (nSPS) is 20.1. The Balaban J connectivity index is 1.62. The van der Waals surface area contributed by atoms with E-state index >= 15 is 0 Å². The predicted molar refractivity (Wildman–Crippen MR) is 132 cm³/mol. The summed E-state index contributed by atoms with van der Waals surface area (Å²) in [5, 5.41) is 0. The first-order chi connectivity index (χ1) is 17.0. The molecule has 3 heterocycles. The van der Waals surface area contributed by atoms with Gasteiger partial charge >= 0.3 is 12.5 Å². The Bertz CT molecular complexity index is 1340. The molecule has 2 aliphatic heterocycles. The number of carbonyl (C=O) groups is 1. The molecule has 0 radical (unpaired) electrons. The van der Waals surface area contributed by atoms with Gasteiger partial charge in [0.15, 0.2) is 5.78 Å². The second-order valence-electron chi connectivity index (χ2n) is 10.5. The van der Waals surface area contributed by atoms with Crippen molar-refractivity contribution in [2.45, 2.75) is 58.0 Å². The number of hydrogen-bond donors (Lipinski definition) is 0. The SMILES string of the molecule is C=C1N(c2cncc(OC(F)(F)C(F)F)c2)c2ccc(C(=O)CC3(C)CCS(=O)(=O)CC3)cc2C1(C)C. The summed E-state index contributed by atoms with van der Waals surface area (Å²) >= 11 is 0. The number of allylic oxidation sites excluding steroid dienone is 1. The Morgan fingerprint density at radius 2 is 1.81 bits per heavy atom. The molecule has 1 aromatic carbocycles. The number of ether oxygens (including phenoxy) is 1. The van der Waals surface area contributed by atoms with Gasteiger partial charge in [0.2, 0.25) is 0 Å². The number of rotatable bonds is 7. The topological polar surface area (TPSA) is 76.6 Å². The number of benzene rings is 1. The molecule has 0 aliphatic carbocycles. The van der Waals surface area contributed by atoms with Crippen LogP contribution in [0.5, 0.6) is 5.75 Å². The van der Waals surface area contributed by atoms with Crippen LogP contribution in [0.2, 0.25) is 0 Å². The maximum absolute atomic E-state index is 13.4. The molecule has 6 nitrogen and oxygen atoms in total. The van der Waals surface area contributed by atoms with Gasteiger partial charge in [-0.2, -0.15) is 17.6 Å². The lowest BCUT2D eigenvalue weighted by molar-refractivity contribution is -0.253. The van der Waals surface area contributed by atoms with Crippen LogP contribution in [0.4, 0.5) is 28.9 Å². The number of fused-ring (bicyclic) bond motifs is 1. The summed E-state index contributed by atoms with van der Waals surface area (Å²) in [5.41, 5.74) is 1.68. The summed E-state index contributed by atoms with van der Waals surface area (Å²) in [5.74, 6) is -0.488. The van der Waals surface area contributed by atoms with Crippen LogP contribution in [0, 0.1) is 5.41 Å². The van der Waals surface area contributed by atoms with Crippen molar-refractivity contribution in [1.82, 2.24) is 4.98 Å². The summed E-state index contributed by atoms with van der Waals surface area (Å²) in [6.45, 7) is 9.88. The molecular weight excluding hydrogens is 512 g/mol. The molecule has 0 amide bonds. The molecule has 4 rings (SSSR count). The van der Waals surface area contributed by atoms with Crippen molar-refractivity contribution >= 4 is 27.0 Å². The molecule has 0 bridgehead atoms. The lowest BCUT2D eigenvalue weighted by atomic mass is 9.77. The number of nitrogens with zero attached hydrogens (tertiary/aromatic N) is 2. The number of pyridine rings is 1. The van der Waals surface area contributed by atoms with E-state index in [1.165, 1.54) is 12.3 Å². The van der Waals surface area contributed by atoms with Crippen molar-refractivity contribution in [3.05, 3.63) is 60.1 Å². The Kier molecular flexibility index (Phi) is 6.67. The molecule has 200 valence electrons. The third kappa shape index (κ3) is 5.23. The average Bonchev–Trinajstić information content (AvgIpc) is 3.01. The van der Waals surface area contributed by atoms with E-state index in [0.717, 1.165) is 11.8 Å². The summed E-state index contributed by atoms with van der Waals surface area (Å²) < 4.78 is 79.9. The Hall–Kier alpha value is -2.95. The molecule has 0 N–H and O–H groups in total. The van der Waals surface area contributed by atoms with Crippen molar-refractivity contribution < 1.29 is 35.5 Å². The molecule has 0 atom stereocenters. The van der Waals surface area contributed by atoms with E-state index in [4.69, 9.17) is 0 Å². The maximum Gasteiger partial charge on any atom is 0.461 e. The van der Waals surface area contributed by atoms with Gasteiger partial charge in [-0.1, -0.05) is 27.4 Å². The first-order valence-electron chi connectivity index (χ1n) is 11.7. The van der Waals surface area contributed by atoms with E-state index in [0.29, 0.717) is 29.8 Å². The number of Topliss-reactive ketones (excluding diaryl/α,β-unsaturated/α-hetero) is 1. The number of sulfone groups is 1. The fourth-order valence-electron chi connectivity index (χ4n) is 4.76. The van der Waals surface area contributed by atoms with Crippen LogP contribution in [0.3, 0.4) is 0 Å². The molecule has 1 aromatic heterocycles. The van der Waals surface area contributed by atoms with E-state index in [9.17, 15) is 30.8 Å². The molecule has 37 heavy (non-hydrogen) atoms. The molecule has 1 saturated heterocycles. The van der Waals surface area contributed by atoms with E-state index < -0.39 is 39.0 Å². The van der Waals surface area contributed by atoms with Crippen LogP contribution < -0.4 is 9.64 Å². The van der Waals surface area contributed by atoms with Crippen LogP contribution in [-0.4, -0.2) is 43.2 Å². The standard InChI is InChI=1S/C26H28F4N2O4S/c1-16-24(2,3)20-11-17(22(33)13-25(4)7-9-37(34,35)10-8-25)5-6-21(20)32(16)18-12-19(15-31-14-18)36-26(29,30)23(27)28/h5-6,11-12,14-15,23H,1,7-10,13H2,2-4H3. The third-order valence-corrected chi connectivity index (χ3v) is 8.96. The third-order valence-electron chi connectivity index (χ3n) is 7.31. The number of alkyl halides is 4. The molecule has 0 saturated carbocycles. The highest BCUT2D eigenvalue weighted by molar-refractivity contribution is 7.91. The number of aromatic nitrogens is 1. The van der Waals surface area contributed by atoms with Gasteiger partial charge in [0.05, 0.1) is 35.3 Å². The van der Waals surface area contributed by atoms with Crippen LogP contribution in [0.15, 0.2) is 48.9 Å². The Morgan fingerprint density at radius 1 is 1.16 bits per heavy atom. The number of halogens is 4. The first kappa shape index (κ1) is 27.1. The van der Waals surface area contributed by atoms with Crippen LogP contribution in [0.25, 0.3) is 0 Å². The second kappa shape index (κ2) is 9.11. The zero-order valence-electron chi connectivity index (χ0n) is 20.7. The predicted octanol–water partition coefficient (Wildman–Crippen LogP) is 6.05. The highest BCUT2D eigenvalue weighted by atomic mass is 32.2. The van der Waals surface area contributed by atoms with Crippen molar-refractivity contribution in [1.29, 1.82) is 0 Å². The van der Waals surface area contributed by atoms with Gasteiger partial charge in [0, 0.05) is 29.2 Å². The number of anilines is 2. The minimum absolute atomic E-state index is 0.0723. The number of hydrogen-bond acceptors (Lipinski definition) is 6. The van der Waals surface area contributed by atoms with Crippen molar-refractivity contribution in [2.75, 3.05) is 16.4 Å². The molecule has 1 fully saturated rings. The zero-order chi connectivity index (χ0) is 27.4. The van der Waals surface area contributed by atoms with Gasteiger partial charge in [-0.25, -0.2) is 8.42 Å². The molecule has 0 unspecified atom stereocenters. The fourth-order valence-corrected chi connectivity index (χ4v) is 6.58. The van der Waals surface area contributed by atoms with E-state index in [-0.39, 0.29) is 29.4 Å². The smallest absolute Gasteiger partial charge is 0.427 e. The Morgan fingerprint density at radius 3 is 2.43 bits per heavy atom. The summed E-state index contributed by atoms with van der Waals surface area (Å²) in [4.78, 5) is 18.7. The first-order valence-corrected chi connectivity index (χ1v) is 13.5. The van der Waals surface area contributed by atoms with E-state index in [1.807, 2.05) is 20.8 Å². The van der Waals surface area contributed by atoms with Gasteiger partial charge in [-0.15, -0.1) is 0 Å². The highest BCUT2D eigenvalue weighted by Crippen LogP contribution is 2.51. The zero-order valence-corrected chi connectivity index (χ0v) is 21.5. The molecular formula is C26H28F4N2O4S. The second-order valence-corrected chi connectivity index (χ2v) is 12.8. The summed E-state index contributed by atoms with van der Waals surface area (Å²) in [7, 11) is -3.05. The maximum atomic E-state index is 13.4. The van der Waals surface area contributed by atoms with Gasteiger partial charge < -0.3 is 9.64 Å². The van der Waals surface area contributed by atoms with Crippen LogP contribution in [0.1, 0.15) is 56.0 Å². The minimum Gasteiger partial charge on any atom is -0.427 e. The van der Waals surface area contributed by atoms with Gasteiger partial charge in [-0.3, -0.25) is 9.78 Å². The van der Waals surface area contributed by atoms with Gasteiger partial charge in [0.25, 0.3) is 0 Å². The van der Waals surface area contributed by atoms with Crippen molar-refractivity contribution in [3.63, 3.8) is 0 Å². The molecule has 0 spiro atoms. The molecule has 2 aromatic rings. The summed E-state index contributed by atoms with van der Waals surface area (Å²) in [6, 6.07) is 6.32. The van der Waals surface area contributed by atoms with Crippen molar-refractivity contribution in [2.24, 2.45) is 5.41 Å². The number of carbonyl (C=O) groups excluding carboxylic acids is 1. The highest BCUT2D eigenvalue weighted by Gasteiger charge is 2.45. The largest absolute Gasteiger partial charge is 0.461 e. The monoisotopic (exact) mass is 540 g/mol. The van der Waals surface area contributed by atoms with Crippen molar-refractivity contribution in [3.8, 4) is 5.75 Å². The quantitative estimate of drug-likeness (QED) is 0.314. The van der Waals surface area contributed by atoms with Crippen LogP contribution >= 0.6 is 0 Å². The lowest BCUT2D eigenvalue weighted by Gasteiger charge is -2.32. The fraction of sp³-hybridized carbons (Fsp3) is 0.462. The van der Waals surface area contributed by atoms with Crippen LogP contribution in [-0.2, 0) is 15.3 Å². The van der Waals surface area contributed by atoms with Gasteiger partial charge in [0.1, 0.15) is 15.6 Å². The number of ketones is 1. The summed E-state index contributed by atoms with van der Waals surface area (Å²) in [6.07, 6.45) is -5.31. The Labute approximate surface area is 213 Å². The lowest BCUT2D eigenvalue weighted by Crippen LogP contribution is -2.33. The van der Waals surface area contributed by atoms with E-state index in [1.54, 1.807) is 23.1 Å². The average molecular weight is 541 g/mol. The minimum atomic E-state index is -4.67. The van der Waals surface area contributed by atoms with E-state index in [2.05, 4.69) is 16.3 Å². The van der Waals surface area contributed by atoms with Gasteiger partial charge in [-0.05, 0) is 42.0 Å².